The number of fused-ring (bicyclic) bond motifs is 1. The predicted molar refractivity (Wildman–Crippen MR) is 69.9 cm³/mol. The third-order valence-electron chi connectivity index (χ3n) is 2.45. The van der Waals surface area contributed by atoms with Gasteiger partial charge in [-0.3, -0.25) is 14.0 Å². The van der Waals surface area contributed by atoms with Gasteiger partial charge in [-0.2, -0.15) is 0 Å². The quantitative estimate of drug-likeness (QED) is 0.903. The normalized spacial score (nSPS) is 12.5. The van der Waals surface area contributed by atoms with Crippen molar-refractivity contribution in [1.82, 2.24) is 9.38 Å². The topological polar surface area (TPSA) is 71.7 Å². The van der Waals surface area contributed by atoms with Crippen molar-refractivity contribution < 1.29 is 9.90 Å². The Morgan fingerprint density at radius 3 is 3.06 bits per heavy atom. The number of hydrogen-bond acceptors (Lipinski definition) is 4. The van der Waals surface area contributed by atoms with Crippen molar-refractivity contribution >= 4 is 23.4 Å². The Labute approximate surface area is 107 Å². The number of thioether (sulfide) groups is 1. The van der Waals surface area contributed by atoms with Gasteiger partial charge in [0.05, 0.1) is 10.9 Å². The second-order valence-electron chi connectivity index (χ2n) is 3.81. The van der Waals surface area contributed by atoms with Crippen LogP contribution in [0.2, 0.25) is 0 Å². The molecular weight excluding hydrogens is 252 g/mol. The minimum Gasteiger partial charge on any atom is -0.480 e. The highest BCUT2D eigenvalue weighted by atomic mass is 32.2. The summed E-state index contributed by atoms with van der Waals surface area (Å²) in [6.07, 6.45) is 1.65. The Bertz CT molecular complexity index is 639. The second-order valence-corrected chi connectivity index (χ2v) is 5.14. The summed E-state index contributed by atoms with van der Waals surface area (Å²) in [6, 6.07) is 6.75. The summed E-state index contributed by atoms with van der Waals surface area (Å²) in [5.74, 6) is -0.453. The molecule has 0 amide bonds. The number of aliphatic carboxylic acids is 1. The number of hydrogen-bond donors (Lipinski definition) is 1. The monoisotopic (exact) mass is 264 g/mol. The number of aromatic nitrogens is 2. The molecule has 0 saturated heterocycles. The molecule has 2 heterocycles. The summed E-state index contributed by atoms with van der Waals surface area (Å²) in [5.41, 5.74) is 1.02. The Balaban J connectivity index is 2.25. The molecule has 0 radical (unpaired) electrons. The highest BCUT2D eigenvalue weighted by molar-refractivity contribution is 7.99. The molecule has 0 aromatic carbocycles. The number of carbonyl (C=O) groups is 1. The maximum Gasteiger partial charge on any atom is 0.316 e. The molecule has 6 heteroatoms. The van der Waals surface area contributed by atoms with Crippen LogP contribution in [0.4, 0.5) is 0 Å². The van der Waals surface area contributed by atoms with Crippen LogP contribution in [0, 0.1) is 0 Å². The van der Waals surface area contributed by atoms with Gasteiger partial charge in [0.15, 0.2) is 0 Å². The smallest absolute Gasteiger partial charge is 0.316 e. The average Bonchev–Trinajstić information content (AvgIpc) is 2.36. The molecule has 2 rings (SSSR count). The lowest BCUT2D eigenvalue weighted by atomic mass is 10.4. The number of nitrogens with zero attached hydrogens (tertiary/aromatic N) is 2. The SMILES string of the molecule is CC(SCc1cc(=O)n2ccccc2n1)C(=O)O. The maximum absolute atomic E-state index is 11.8. The number of rotatable bonds is 4. The van der Waals surface area contributed by atoms with E-state index < -0.39 is 11.2 Å². The maximum atomic E-state index is 11.8. The van der Waals surface area contributed by atoms with E-state index in [4.69, 9.17) is 5.11 Å². The van der Waals surface area contributed by atoms with Crippen LogP contribution in [-0.4, -0.2) is 25.7 Å². The lowest BCUT2D eigenvalue weighted by molar-refractivity contribution is -0.136. The molecule has 5 nitrogen and oxygen atoms in total. The molecule has 0 saturated carbocycles. The van der Waals surface area contributed by atoms with Gasteiger partial charge in [0.1, 0.15) is 5.65 Å². The van der Waals surface area contributed by atoms with Crippen LogP contribution < -0.4 is 5.56 Å². The molecule has 0 aliphatic carbocycles. The molecular formula is C12H12N2O3S. The Kier molecular flexibility index (Phi) is 3.66. The van der Waals surface area contributed by atoms with E-state index in [-0.39, 0.29) is 5.56 Å². The highest BCUT2D eigenvalue weighted by Gasteiger charge is 2.12. The van der Waals surface area contributed by atoms with Crippen LogP contribution in [0.3, 0.4) is 0 Å². The molecule has 1 N–H and O–H groups in total. The van der Waals surface area contributed by atoms with E-state index in [0.717, 1.165) is 0 Å². The van der Waals surface area contributed by atoms with Gasteiger partial charge in [-0.05, 0) is 19.1 Å². The molecule has 94 valence electrons. The van der Waals surface area contributed by atoms with Gasteiger partial charge in [-0.25, -0.2) is 4.98 Å². The van der Waals surface area contributed by atoms with E-state index in [9.17, 15) is 9.59 Å². The zero-order valence-corrected chi connectivity index (χ0v) is 10.6. The Hall–Kier alpha value is -1.82. The molecule has 0 fully saturated rings. The number of pyridine rings is 1. The minimum atomic E-state index is -0.863. The number of carboxylic acid groups (broad SMARTS) is 1. The molecule has 18 heavy (non-hydrogen) atoms. The molecule has 2 aromatic heterocycles. The first-order chi connectivity index (χ1) is 8.58. The summed E-state index contributed by atoms with van der Waals surface area (Å²) >= 11 is 1.24. The van der Waals surface area contributed by atoms with Gasteiger partial charge < -0.3 is 5.11 Å². The molecule has 1 unspecified atom stereocenters. The van der Waals surface area contributed by atoms with Crippen molar-refractivity contribution in [3.63, 3.8) is 0 Å². The van der Waals surface area contributed by atoms with Crippen molar-refractivity contribution in [1.29, 1.82) is 0 Å². The second kappa shape index (κ2) is 5.22. The van der Waals surface area contributed by atoms with Gasteiger partial charge in [0, 0.05) is 18.0 Å². The fourth-order valence-corrected chi connectivity index (χ4v) is 2.17. The van der Waals surface area contributed by atoms with Crippen molar-refractivity contribution in [2.45, 2.75) is 17.9 Å². The standard InChI is InChI=1S/C12H12N2O3S/c1-8(12(16)17)18-7-9-6-11(15)14-5-3-2-4-10(14)13-9/h2-6,8H,7H2,1H3,(H,16,17). The first-order valence-electron chi connectivity index (χ1n) is 5.39. The Morgan fingerprint density at radius 1 is 1.56 bits per heavy atom. The lowest BCUT2D eigenvalue weighted by Gasteiger charge is -2.06. The highest BCUT2D eigenvalue weighted by Crippen LogP contribution is 2.16. The van der Waals surface area contributed by atoms with E-state index in [0.29, 0.717) is 17.1 Å². The van der Waals surface area contributed by atoms with Crippen molar-refractivity contribution in [3.8, 4) is 0 Å². The van der Waals surface area contributed by atoms with E-state index >= 15 is 0 Å². The molecule has 0 aliphatic heterocycles. The van der Waals surface area contributed by atoms with Gasteiger partial charge in [0.25, 0.3) is 5.56 Å². The molecule has 0 spiro atoms. The average molecular weight is 264 g/mol. The van der Waals surface area contributed by atoms with Crippen LogP contribution >= 0.6 is 11.8 Å². The first-order valence-corrected chi connectivity index (χ1v) is 6.44. The summed E-state index contributed by atoms with van der Waals surface area (Å²) in [7, 11) is 0. The van der Waals surface area contributed by atoms with Crippen molar-refractivity contribution in [3.05, 3.63) is 46.5 Å². The summed E-state index contributed by atoms with van der Waals surface area (Å²) in [6.45, 7) is 1.61. The summed E-state index contributed by atoms with van der Waals surface area (Å²) in [4.78, 5) is 26.8. The van der Waals surface area contributed by atoms with Gasteiger partial charge in [0.2, 0.25) is 0 Å². The van der Waals surface area contributed by atoms with E-state index in [1.54, 1.807) is 31.3 Å². The fraction of sp³-hybridized carbons (Fsp3) is 0.250. The van der Waals surface area contributed by atoms with Gasteiger partial charge in [-0.15, -0.1) is 11.8 Å². The van der Waals surface area contributed by atoms with Crippen molar-refractivity contribution in [2.24, 2.45) is 0 Å². The van der Waals surface area contributed by atoms with Crippen LogP contribution in [-0.2, 0) is 10.5 Å². The zero-order chi connectivity index (χ0) is 13.1. The van der Waals surface area contributed by atoms with Gasteiger partial charge in [-0.1, -0.05) is 6.07 Å². The third kappa shape index (κ3) is 2.70. The van der Waals surface area contributed by atoms with E-state index in [1.165, 1.54) is 22.2 Å². The minimum absolute atomic E-state index is 0.154. The lowest BCUT2D eigenvalue weighted by Crippen LogP contribution is -2.16. The predicted octanol–water partition coefficient (Wildman–Crippen LogP) is 1.40. The third-order valence-corrected chi connectivity index (χ3v) is 3.62. The fourth-order valence-electron chi connectivity index (χ4n) is 1.46. The summed E-state index contributed by atoms with van der Waals surface area (Å²) < 4.78 is 1.45. The molecule has 0 bridgehead atoms. The molecule has 2 aromatic rings. The van der Waals surface area contributed by atoms with Crippen molar-refractivity contribution in [2.75, 3.05) is 0 Å². The zero-order valence-electron chi connectivity index (χ0n) is 9.74. The van der Waals surface area contributed by atoms with E-state index in [1.807, 2.05) is 0 Å². The van der Waals surface area contributed by atoms with Gasteiger partial charge >= 0.3 is 5.97 Å². The molecule has 0 aliphatic rings. The number of carboxylic acids is 1. The summed E-state index contributed by atoms with van der Waals surface area (Å²) in [5, 5.41) is 8.27. The largest absolute Gasteiger partial charge is 0.480 e. The van der Waals surface area contributed by atoms with Crippen LogP contribution in [0.25, 0.3) is 5.65 Å². The Morgan fingerprint density at radius 2 is 2.33 bits per heavy atom. The van der Waals surface area contributed by atoms with Crippen LogP contribution in [0.15, 0.2) is 35.3 Å². The molecule has 1 atom stereocenters. The van der Waals surface area contributed by atoms with Crippen LogP contribution in [0.5, 0.6) is 0 Å². The van der Waals surface area contributed by atoms with E-state index in [2.05, 4.69) is 4.98 Å². The van der Waals surface area contributed by atoms with Crippen LogP contribution in [0.1, 0.15) is 12.6 Å². The first kappa shape index (κ1) is 12.6.